The summed E-state index contributed by atoms with van der Waals surface area (Å²) in [5.74, 6) is -0.910. The molecule has 6 heteroatoms. The van der Waals surface area contributed by atoms with Crippen molar-refractivity contribution in [3.05, 3.63) is 106 Å². The molecule has 3 aromatic carbocycles. The first-order valence-electron chi connectivity index (χ1n) is 12.1. The number of aryl methyl sites for hydroxylation is 2. The summed E-state index contributed by atoms with van der Waals surface area (Å²) in [6, 6.07) is 22.1. The summed E-state index contributed by atoms with van der Waals surface area (Å²) in [4.78, 5) is 27.5. The molecule has 1 fully saturated rings. The highest BCUT2D eigenvalue weighted by Gasteiger charge is 2.45. The van der Waals surface area contributed by atoms with Crippen LogP contribution < -0.4 is 4.74 Å². The molecule has 4 rings (SSSR count). The maximum absolute atomic E-state index is 13.1. The van der Waals surface area contributed by atoms with Gasteiger partial charge in [-0.15, -0.1) is 0 Å². The molecule has 3 aromatic rings. The molecule has 1 atom stereocenters. The predicted molar refractivity (Wildman–Crippen MR) is 139 cm³/mol. The molecule has 0 saturated carbocycles. The molecular weight excluding hydrogens is 454 g/mol. The SMILES string of the molecule is CCc1ccc(C2C(=C(O)c3ccc(OCc4cccc(C)c4)cc3)C(=O)C(=O)N2CCOC)cc1. The predicted octanol–water partition coefficient (Wildman–Crippen LogP) is 5.20. The van der Waals surface area contributed by atoms with E-state index in [1.54, 1.807) is 31.4 Å². The molecule has 1 unspecified atom stereocenters. The van der Waals surface area contributed by atoms with Crippen molar-refractivity contribution in [1.29, 1.82) is 0 Å². The molecule has 1 aliphatic rings. The lowest BCUT2D eigenvalue weighted by Crippen LogP contribution is -2.32. The lowest BCUT2D eigenvalue weighted by atomic mass is 9.94. The first-order valence-corrected chi connectivity index (χ1v) is 12.1. The molecule has 6 nitrogen and oxygen atoms in total. The summed E-state index contributed by atoms with van der Waals surface area (Å²) < 4.78 is 11.0. The van der Waals surface area contributed by atoms with Crippen molar-refractivity contribution < 1.29 is 24.2 Å². The van der Waals surface area contributed by atoms with Crippen molar-refractivity contribution in [1.82, 2.24) is 4.90 Å². The quantitative estimate of drug-likeness (QED) is 0.256. The third kappa shape index (κ3) is 5.34. The van der Waals surface area contributed by atoms with Gasteiger partial charge in [0.2, 0.25) is 0 Å². The first-order chi connectivity index (χ1) is 17.4. The summed E-state index contributed by atoms with van der Waals surface area (Å²) >= 11 is 0. The monoisotopic (exact) mass is 485 g/mol. The van der Waals surface area contributed by atoms with Gasteiger partial charge in [-0.05, 0) is 54.3 Å². The molecule has 1 heterocycles. The summed E-state index contributed by atoms with van der Waals surface area (Å²) in [6.07, 6.45) is 0.877. The fourth-order valence-electron chi connectivity index (χ4n) is 4.42. The molecule has 0 bridgehead atoms. The van der Waals surface area contributed by atoms with Gasteiger partial charge in [0, 0.05) is 19.2 Å². The van der Waals surface area contributed by atoms with Gasteiger partial charge in [0.1, 0.15) is 18.1 Å². The van der Waals surface area contributed by atoms with Gasteiger partial charge in [0.25, 0.3) is 11.7 Å². The molecule has 1 N–H and O–H groups in total. The number of benzene rings is 3. The topological polar surface area (TPSA) is 76.1 Å². The molecule has 0 aliphatic carbocycles. The molecule has 0 aromatic heterocycles. The number of carbonyl (C=O) groups is 2. The number of hydrogen-bond acceptors (Lipinski definition) is 5. The number of Topliss-reactive ketones (excluding diaryl/α,β-unsaturated/α-hetero) is 1. The lowest BCUT2D eigenvalue weighted by Gasteiger charge is -2.25. The minimum Gasteiger partial charge on any atom is -0.507 e. The number of rotatable bonds is 9. The number of methoxy groups -OCH3 is 1. The van der Waals surface area contributed by atoms with Crippen LogP contribution in [0.5, 0.6) is 5.75 Å². The fourth-order valence-corrected chi connectivity index (χ4v) is 4.42. The highest BCUT2D eigenvalue weighted by Crippen LogP contribution is 2.39. The summed E-state index contributed by atoms with van der Waals surface area (Å²) in [5, 5.41) is 11.2. The number of likely N-dealkylation sites (tertiary alicyclic amines) is 1. The lowest BCUT2D eigenvalue weighted by molar-refractivity contribution is -0.140. The van der Waals surface area contributed by atoms with Gasteiger partial charge in [-0.3, -0.25) is 9.59 Å². The third-order valence-corrected chi connectivity index (χ3v) is 6.40. The zero-order valence-corrected chi connectivity index (χ0v) is 20.9. The minimum atomic E-state index is -0.701. The van der Waals surface area contributed by atoms with E-state index >= 15 is 0 Å². The molecule has 186 valence electrons. The molecule has 36 heavy (non-hydrogen) atoms. The number of carbonyl (C=O) groups excluding carboxylic acids is 2. The van der Waals surface area contributed by atoms with Crippen LogP contribution in [0.3, 0.4) is 0 Å². The fraction of sp³-hybridized carbons (Fsp3) is 0.267. The van der Waals surface area contributed by atoms with Crippen molar-refractivity contribution in [3.8, 4) is 5.75 Å². The highest BCUT2D eigenvalue weighted by molar-refractivity contribution is 6.46. The van der Waals surface area contributed by atoms with Crippen molar-refractivity contribution in [2.24, 2.45) is 0 Å². The van der Waals surface area contributed by atoms with Crippen LogP contribution in [-0.2, 0) is 27.4 Å². The Balaban J connectivity index is 1.64. The second kappa shape index (κ2) is 11.2. The molecule has 0 radical (unpaired) electrons. The first kappa shape index (κ1) is 25.2. The van der Waals surface area contributed by atoms with Gasteiger partial charge in [-0.25, -0.2) is 0 Å². The van der Waals surface area contributed by atoms with Crippen molar-refractivity contribution >= 4 is 17.4 Å². The average Bonchev–Trinajstić information content (AvgIpc) is 3.15. The number of ether oxygens (including phenoxy) is 2. The van der Waals surface area contributed by atoms with Crippen LogP contribution in [0.2, 0.25) is 0 Å². The van der Waals surface area contributed by atoms with E-state index in [-0.39, 0.29) is 24.5 Å². The Kier molecular flexibility index (Phi) is 7.86. The van der Waals surface area contributed by atoms with E-state index in [4.69, 9.17) is 9.47 Å². The standard InChI is InChI=1S/C30H31NO5/c1-4-21-8-10-23(11-9-21)27-26(29(33)30(34)31(27)16-17-35-3)28(32)24-12-14-25(15-13-24)36-19-22-7-5-6-20(2)18-22/h5-15,18,27,32H,4,16-17,19H2,1-3H3. The highest BCUT2D eigenvalue weighted by atomic mass is 16.5. The van der Waals surface area contributed by atoms with E-state index in [0.29, 0.717) is 17.9 Å². The largest absolute Gasteiger partial charge is 0.507 e. The maximum Gasteiger partial charge on any atom is 0.295 e. The van der Waals surface area contributed by atoms with Crippen LogP contribution >= 0.6 is 0 Å². The van der Waals surface area contributed by atoms with Gasteiger partial charge in [-0.2, -0.15) is 0 Å². The van der Waals surface area contributed by atoms with Crippen molar-refractivity contribution in [3.63, 3.8) is 0 Å². The van der Waals surface area contributed by atoms with Gasteiger partial charge < -0.3 is 19.5 Å². The van der Waals surface area contributed by atoms with Gasteiger partial charge in [0.05, 0.1) is 18.2 Å². The number of hydrogen-bond donors (Lipinski definition) is 1. The number of aliphatic hydroxyl groups is 1. The van der Waals surface area contributed by atoms with Gasteiger partial charge >= 0.3 is 0 Å². The third-order valence-electron chi connectivity index (χ3n) is 6.40. The van der Waals surface area contributed by atoms with Gasteiger partial charge in [-0.1, -0.05) is 61.0 Å². The average molecular weight is 486 g/mol. The Morgan fingerprint density at radius 1 is 0.972 bits per heavy atom. The van der Waals surface area contributed by atoms with Crippen molar-refractivity contribution in [2.75, 3.05) is 20.3 Å². The van der Waals surface area contributed by atoms with Crippen LogP contribution in [0.1, 0.15) is 40.8 Å². The Labute approximate surface area is 211 Å². The zero-order valence-electron chi connectivity index (χ0n) is 20.9. The molecule has 1 amide bonds. The van der Waals surface area contributed by atoms with Crippen LogP contribution in [0.4, 0.5) is 0 Å². The van der Waals surface area contributed by atoms with Crippen LogP contribution in [0.25, 0.3) is 5.76 Å². The Hall–Kier alpha value is -3.90. The smallest absolute Gasteiger partial charge is 0.295 e. The Bertz CT molecular complexity index is 1260. The number of aliphatic hydroxyl groups excluding tert-OH is 1. The van der Waals surface area contributed by atoms with E-state index < -0.39 is 17.7 Å². The van der Waals surface area contributed by atoms with Crippen LogP contribution in [0, 0.1) is 6.92 Å². The van der Waals surface area contributed by atoms with E-state index in [1.165, 1.54) is 4.90 Å². The van der Waals surface area contributed by atoms with E-state index in [9.17, 15) is 14.7 Å². The summed E-state index contributed by atoms with van der Waals surface area (Å²) in [7, 11) is 1.55. The van der Waals surface area contributed by atoms with Crippen LogP contribution in [0.15, 0.2) is 78.4 Å². The molecule has 0 spiro atoms. The summed E-state index contributed by atoms with van der Waals surface area (Å²) in [6.45, 7) is 5.04. The molecular formula is C30H31NO5. The van der Waals surface area contributed by atoms with Crippen LogP contribution in [-0.4, -0.2) is 42.0 Å². The van der Waals surface area contributed by atoms with Gasteiger partial charge in [0.15, 0.2) is 0 Å². The second-order valence-electron chi connectivity index (χ2n) is 8.88. The normalized spacial score (nSPS) is 17.0. The molecule has 1 saturated heterocycles. The maximum atomic E-state index is 13.1. The van der Waals surface area contributed by atoms with E-state index in [2.05, 4.69) is 13.0 Å². The molecule has 1 aliphatic heterocycles. The van der Waals surface area contributed by atoms with Crippen molar-refractivity contribution in [2.45, 2.75) is 32.9 Å². The number of amides is 1. The Morgan fingerprint density at radius 2 is 1.69 bits per heavy atom. The second-order valence-corrected chi connectivity index (χ2v) is 8.88. The Morgan fingerprint density at radius 3 is 2.33 bits per heavy atom. The van der Waals surface area contributed by atoms with E-state index in [0.717, 1.165) is 28.7 Å². The van der Waals surface area contributed by atoms with E-state index in [1.807, 2.05) is 49.4 Å². The summed E-state index contributed by atoms with van der Waals surface area (Å²) in [5.41, 5.74) is 4.66. The minimum absolute atomic E-state index is 0.0776. The number of nitrogens with zero attached hydrogens (tertiary/aromatic N) is 1. The zero-order chi connectivity index (χ0) is 25.7. The number of ketones is 1.